The van der Waals surface area contributed by atoms with Crippen molar-refractivity contribution in [2.75, 3.05) is 26.3 Å². The Hall–Kier alpha value is -3.72. The number of carbonyl (C=O) groups is 1. The Kier molecular flexibility index (Phi) is 8.00. The molecule has 0 bridgehead atoms. The summed E-state index contributed by atoms with van der Waals surface area (Å²) in [7, 11) is 0. The number of carboxylic acids is 1. The maximum Gasteiger partial charge on any atom is 0.317 e. The van der Waals surface area contributed by atoms with E-state index in [4.69, 9.17) is 19.3 Å². The summed E-state index contributed by atoms with van der Waals surface area (Å²) in [6.45, 7) is 0.799. The fraction of sp³-hybridized carbons (Fsp3) is 0.296. The van der Waals surface area contributed by atoms with Gasteiger partial charge in [-0.25, -0.2) is 4.39 Å². The van der Waals surface area contributed by atoms with E-state index in [1.807, 2.05) is 0 Å². The number of nitrogens with one attached hydrogen (secondary N) is 1. The molecule has 190 valence electrons. The van der Waals surface area contributed by atoms with Gasteiger partial charge in [0.05, 0.1) is 12.1 Å². The van der Waals surface area contributed by atoms with Gasteiger partial charge in [-0.2, -0.15) is 8.78 Å². The molecule has 0 saturated carbocycles. The third-order valence-corrected chi connectivity index (χ3v) is 5.74. The van der Waals surface area contributed by atoms with Crippen LogP contribution in [0.4, 0.5) is 13.2 Å². The van der Waals surface area contributed by atoms with Crippen molar-refractivity contribution in [1.82, 2.24) is 5.32 Å². The van der Waals surface area contributed by atoms with Crippen molar-refractivity contribution < 1.29 is 37.3 Å². The van der Waals surface area contributed by atoms with E-state index >= 15 is 8.78 Å². The second kappa shape index (κ2) is 11.3. The van der Waals surface area contributed by atoms with Crippen LogP contribution in [-0.4, -0.2) is 37.4 Å². The highest BCUT2D eigenvalue weighted by molar-refractivity contribution is 5.68. The van der Waals surface area contributed by atoms with E-state index in [0.717, 1.165) is 5.56 Å². The third-order valence-electron chi connectivity index (χ3n) is 5.74. The molecule has 2 N–H and O–H groups in total. The van der Waals surface area contributed by atoms with E-state index in [-0.39, 0.29) is 35.8 Å². The number of para-hydroxylation sites is 1. The zero-order chi connectivity index (χ0) is 25.5. The second-order valence-electron chi connectivity index (χ2n) is 8.30. The van der Waals surface area contributed by atoms with Crippen molar-refractivity contribution >= 4 is 5.97 Å². The minimum absolute atomic E-state index is 0.0435. The van der Waals surface area contributed by atoms with Gasteiger partial charge in [0.2, 0.25) is 0 Å². The summed E-state index contributed by atoms with van der Waals surface area (Å²) in [4.78, 5) is 10.7. The molecule has 0 fully saturated rings. The van der Waals surface area contributed by atoms with Crippen LogP contribution < -0.4 is 19.5 Å². The number of carboxylic acid groups (broad SMARTS) is 1. The van der Waals surface area contributed by atoms with Gasteiger partial charge in [-0.3, -0.25) is 4.79 Å². The molecular weight excluding hydrogens is 475 g/mol. The van der Waals surface area contributed by atoms with E-state index < -0.39 is 18.0 Å². The van der Waals surface area contributed by atoms with Crippen LogP contribution in [0.3, 0.4) is 0 Å². The fourth-order valence-electron chi connectivity index (χ4n) is 3.96. The molecule has 1 unspecified atom stereocenters. The van der Waals surface area contributed by atoms with Crippen LogP contribution in [0.2, 0.25) is 0 Å². The first kappa shape index (κ1) is 25.4. The summed E-state index contributed by atoms with van der Waals surface area (Å²) >= 11 is 0. The highest BCUT2D eigenvalue weighted by atomic mass is 19.3. The molecule has 6 nitrogen and oxygen atoms in total. The molecule has 4 rings (SSSR count). The number of aliphatic carboxylic acids is 1. The van der Waals surface area contributed by atoms with Crippen LogP contribution in [-0.2, 0) is 10.7 Å². The lowest BCUT2D eigenvalue weighted by atomic mass is 9.98. The Balaban J connectivity index is 1.49. The average molecular weight is 502 g/mol. The van der Waals surface area contributed by atoms with Gasteiger partial charge in [0, 0.05) is 5.56 Å². The minimum Gasteiger partial charge on any atom is -0.486 e. The molecule has 1 aliphatic rings. The normalized spacial score (nSPS) is 13.8. The van der Waals surface area contributed by atoms with Crippen molar-refractivity contribution in [3.8, 4) is 17.2 Å². The molecule has 9 heteroatoms. The molecule has 1 aliphatic heterocycles. The second-order valence-corrected chi connectivity index (χ2v) is 8.30. The van der Waals surface area contributed by atoms with E-state index in [9.17, 15) is 9.18 Å². The first-order valence-electron chi connectivity index (χ1n) is 11.6. The molecule has 0 radical (unpaired) electrons. The van der Waals surface area contributed by atoms with Gasteiger partial charge in [0.1, 0.15) is 30.9 Å². The maximum atomic E-state index is 15.4. The number of halogens is 3. The highest BCUT2D eigenvalue weighted by Gasteiger charge is 2.39. The first-order chi connectivity index (χ1) is 17.3. The lowest BCUT2D eigenvalue weighted by Crippen LogP contribution is -2.24. The molecule has 0 spiro atoms. The maximum absolute atomic E-state index is 15.4. The average Bonchev–Trinajstić information content (AvgIpc) is 2.88. The van der Waals surface area contributed by atoms with Crippen molar-refractivity contribution in [3.63, 3.8) is 0 Å². The predicted octanol–water partition coefficient (Wildman–Crippen LogP) is 5.31. The quantitative estimate of drug-likeness (QED) is 0.347. The number of alkyl halides is 2. The predicted molar refractivity (Wildman–Crippen MR) is 126 cm³/mol. The smallest absolute Gasteiger partial charge is 0.317 e. The SMILES string of the molecule is O=C(O)CNCCCC(Oc1ccc(C(F)(F)c2cccc3c2OCCO3)cc1)c1ccc(F)cc1. The summed E-state index contributed by atoms with van der Waals surface area (Å²) < 4.78 is 61.2. The molecule has 1 heterocycles. The van der Waals surface area contributed by atoms with Crippen molar-refractivity contribution in [3.05, 3.63) is 89.2 Å². The van der Waals surface area contributed by atoms with Crippen molar-refractivity contribution in [2.24, 2.45) is 0 Å². The number of fused-ring (bicyclic) bond motifs is 1. The summed E-state index contributed by atoms with van der Waals surface area (Å²) in [6.07, 6.45) is 0.617. The zero-order valence-corrected chi connectivity index (χ0v) is 19.4. The summed E-state index contributed by atoms with van der Waals surface area (Å²) in [5.41, 5.74) is 0.220. The van der Waals surface area contributed by atoms with Crippen LogP contribution >= 0.6 is 0 Å². The van der Waals surface area contributed by atoms with Gasteiger partial charge < -0.3 is 24.6 Å². The highest BCUT2D eigenvalue weighted by Crippen LogP contribution is 2.45. The molecule has 3 aromatic rings. The Morgan fingerprint density at radius 3 is 2.47 bits per heavy atom. The molecule has 36 heavy (non-hydrogen) atoms. The van der Waals surface area contributed by atoms with Gasteiger partial charge in [-0.1, -0.05) is 18.2 Å². The monoisotopic (exact) mass is 501 g/mol. The van der Waals surface area contributed by atoms with Gasteiger partial charge in [0.25, 0.3) is 0 Å². The van der Waals surface area contributed by atoms with E-state index in [2.05, 4.69) is 5.32 Å². The molecule has 0 amide bonds. The molecule has 0 aromatic heterocycles. The van der Waals surface area contributed by atoms with Crippen molar-refractivity contribution in [1.29, 1.82) is 0 Å². The van der Waals surface area contributed by atoms with E-state index in [0.29, 0.717) is 37.5 Å². The summed E-state index contributed by atoms with van der Waals surface area (Å²) in [5, 5.41) is 11.6. The zero-order valence-electron chi connectivity index (χ0n) is 19.4. The molecular formula is C27H26F3NO5. The Bertz CT molecular complexity index is 1170. The lowest BCUT2D eigenvalue weighted by molar-refractivity contribution is -0.135. The van der Waals surface area contributed by atoms with Crippen LogP contribution in [0.25, 0.3) is 0 Å². The summed E-state index contributed by atoms with van der Waals surface area (Å²) in [5.74, 6) is -3.95. The number of hydrogen-bond donors (Lipinski definition) is 2. The summed E-state index contributed by atoms with van der Waals surface area (Å²) in [6, 6.07) is 15.8. The largest absolute Gasteiger partial charge is 0.486 e. The lowest BCUT2D eigenvalue weighted by Gasteiger charge is -2.25. The topological polar surface area (TPSA) is 77.0 Å². The minimum atomic E-state index is -3.32. The fourth-order valence-corrected chi connectivity index (χ4v) is 3.96. The Labute approximate surface area is 206 Å². The van der Waals surface area contributed by atoms with E-state index in [1.165, 1.54) is 48.5 Å². The first-order valence-corrected chi connectivity index (χ1v) is 11.6. The molecule has 0 aliphatic carbocycles. The van der Waals surface area contributed by atoms with Crippen LogP contribution in [0, 0.1) is 5.82 Å². The van der Waals surface area contributed by atoms with Crippen molar-refractivity contribution in [2.45, 2.75) is 24.9 Å². The van der Waals surface area contributed by atoms with Gasteiger partial charge in [0.15, 0.2) is 11.5 Å². The number of benzene rings is 3. The van der Waals surface area contributed by atoms with Crippen LogP contribution in [0.5, 0.6) is 17.2 Å². The van der Waals surface area contributed by atoms with Gasteiger partial charge in [-0.15, -0.1) is 0 Å². The molecule has 0 saturated heterocycles. The standard InChI is InChI=1S/C27H26F3NO5/c28-20-10-6-18(7-11-20)23(5-2-14-31-17-25(32)33)36-21-12-8-19(9-13-21)27(29,30)22-3-1-4-24-26(22)35-16-15-34-24/h1,3-4,6-13,23,31H,2,5,14-17H2,(H,32,33). The third kappa shape index (κ3) is 6.09. The van der Waals surface area contributed by atoms with E-state index in [1.54, 1.807) is 18.2 Å². The van der Waals surface area contributed by atoms with Crippen LogP contribution in [0.15, 0.2) is 66.7 Å². The Morgan fingerprint density at radius 1 is 1.03 bits per heavy atom. The molecule has 3 aromatic carbocycles. The molecule has 1 atom stereocenters. The number of rotatable bonds is 11. The van der Waals surface area contributed by atoms with Gasteiger partial charge >= 0.3 is 11.9 Å². The number of ether oxygens (including phenoxy) is 3. The van der Waals surface area contributed by atoms with Gasteiger partial charge in [-0.05, 0) is 73.5 Å². The number of hydrogen-bond acceptors (Lipinski definition) is 5. The Morgan fingerprint density at radius 2 is 1.75 bits per heavy atom. The van der Waals surface area contributed by atoms with Crippen LogP contribution in [0.1, 0.15) is 35.6 Å².